The van der Waals surface area contributed by atoms with Gasteiger partial charge >= 0.3 is 0 Å². The zero-order chi connectivity index (χ0) is 17.3. The Morgan fingerprint density at radius 2 is 1.83 bits per heavy atom. The zero-order valence-corrected chi connectivity index (χ0v) is 14.4. The summed E-state index contributed by atoms with van der Waals surface area (Å²) in [5.74, 6) is -2.66. The lowest BCUT2D eigenvalue weighted by molar-refractivity contribution is 0.485. The van der Waals surface area contributed by atoms with E-state index in [-0.39, 0.29) is 5.69 Å². The standard InChI is InChI=1S/C15H10BrF2N3O2S/c16-10-8-19-21(9-10)13-6-2-1-5-12(13)20-24(22,23)14-7-3-4-11(17)15(14)18/h1-9,20H. The molecule has 0 fully saturated rings. The van der Waals surface area contributed by atoms with Crippen LogP contribution in [0.5, 0.6) is 0 Å². The highest BCUT2D eigenvalue weighted by atomic mass is 79.9. The first kappa shape index (κ1) is 16.6. The molecule has 24 heavy (non-hydrogen) atoms. The summed E-state index contributed by atoms with van der Waals surface area (Å²) in [5, 5.41) is 4.08. The number of hydrogen-bond acceptors (Lipinski definition) is 3. The summed E-state index contributed by atoms with van der Waals surface area (Å²) in [6, 6.07) is 9.42. The maximum absolute atomic E-state index is 13.8. The van der Waals surface area contributed by atoms with Gasteiger partial charge in [0.1, 0.15) is 4.90 Å². The Labute approximate surface area is 145 Å². The quantitative estimate of drug-likeness (QED) is 0.708. The van der Waals surface area contributed by atoms with Crippen LogP contribution < -0.4 is 4.72 Å². The molecule has 124 valence electrons. The van der Waals surface area contributed by atoms with Crippen LogP contribution in [-0.4, -0.2) is 18.2 Å². The number of para-hydroxylation sites is 2. The second kappa shape index (κ2) is 6.33. The Hall–Kier alpha value is -2.26. The largest absolute Gasteiger partial charge is 0.277 e. The molecule has 1 N–H and O–H groups in total. The van der Waals surface area contributed by atoms with E-state index in [0.29, 0.717) is 10.2 Å². The van der Waals surface area contributed by atoms with Crippen molar-refractivity contribution in [2.75, 3.05) is 4.72 Å². The molecular weight excluding hydrogens is 404 g/mol. The maximum Gasteiger partial charge on any atom is 0.264 e. The van der Waals surface area contributed by atoms with Gasteiger partial charge in [0.2, 0.25) is 0 Å². The Kier molecular flexibility index (Phi) is 4.37. The number of hydrogen-bond donors (Lipinski definition) is 1. The maximum atomic E-state index is 13.8. The molecule has 0 aliphatic rings. The highest BCUT2D eigenvalue weighted by molar-refractivity contribution is 9.10. The van der Waals surface area contributed by atoms with Gasteiger partial charge in [0.25, 0.3) is 10.0 Å². The van der Waals surface area contributed by atoms with Crippen molar-refractivity contribution in [1.82, 2.24) is 9.78 Å². The smallest absolute Gasteiger partial charge is 0.264 e. The highest BCUT2D eigenvalue weighted by Gasteiger charge is 2.22. The molecule has 1 aromatic heterocycles. The third kappa shape index (κ3) is 3.17. The van der Waals surface area contributed by atoms with Gasteiger partial charge in [0, 0.05) is 6.20 Å². The van der Waals surface area contributed by atoms with Crippen LogP contribution in [0, 0.1) is 11.6 Å². The van der Waals surface area contributed by atoms with Crippen LogP contribution in [0.25, 0.3) is 5.69 Å². The Bertz CT molecular complexity index is 1010. The van der Waals surface area contributed by atoms with Crippen LogP contribution in [0.1, 0.15) is 0 Å². The van der Waals surface area contributed by atoms with E-state index in [9.17, 15) is 17.2 Å². The number of sulfonamides is 1. The summed E-state index contributed by atoms with van der Waals surface area (Å²) in [6.07, 6.45) is 3.17. The summed E-state index contributed by atoms with van der Waals surface area (Å²) >= 11 is 3.26. The molecule has 0 aliphatic heterocycles. The molecular formula is C15H10BrF2N3O2S. The molecule has 0 saturated heterocycles. The van der Waals surface area contributed by atoms with Crippen molar-refractivity contribution in [2.45, 2.75) is 4.90 Å². The monoisotopic (exact) mass is 413 g/mol. The summed E-state index contributed by atoms with van der Waals surface area (Å²) < 4.78 is 56.4. The van der Waals surface area contributed by atoms with Crippen molar-refractivity contribution in [3.8, 4) is 5.69 Å². The normalized spacial score (nSPS) is 11.5. The third-order valence-electron chi connectivity index (χ3n) is 3.15. The summed E-state index contributed by atoms with van der Waals surface area (Å²) in [7, 11) is -4.31. The van der Waals surface area contributed by atoms with E-state index in [2.05, 4.69) is 25.8 Å². The number of benzene rings is 2. The molecule has 0 saturated carbocycles. The van der Waals surface area contributed by atoms with Crippen LogP contribution in [0.15, 0.2) is 64.2 Å². The van der Waals surface area contributed by atoms with Gasteiger partial charge in [-0.05, 0) is 40.2 Å². The molecule has 5 nitrogen and oxygen atoms in total. The van der Waals surface area contributed by atoms with E-state index in [1.165, 1.54) is 16.9 Å². The minimum Gasteiger partial charge on any atom is -0.277 e. The molecule has 3 aromatic rings. The Balaban J connectivity index is 2.04. The number of nitrogens with zero attached hydrogens (tertiary/aromatic N) is 2. The molecule has 0 spiro atoms. The fourth-order valence-electron chi connectivity index (χ4n) is 2.08. The number of aromatic nitrogens is 2. The van der Waals surface area contributed by atoms with Gasteiger partial charge in [-0.15, -0.1) is 0 Å². The number of rotatable bonds is 4. The van der Waals surface area contributed by atoms with Gasteiger partial charge in [-0.1, -0.05) is 18.2 Å². The molecule has 0 radical (unpaired) electrons. The van der Waals surface area contributed by atoms with Crippen molar-refractivity contribution < 1.29 is 17.2 Å². The van der Waals surface area contributed by atoms with Crippen molar-refractivity contribution in [2.24, 2.45) is 0 Å². The third-order valence-corrected chi connectivity index (χ3v) is 4.94. The van der Waals surface area contributed by atoms with Crippen molar-refractivity contribution in [1.29, 1.82) is 0 Å². The molecule has 9 heteroatoms. The number of nitrogens with one attached hydrogen (secondary N) is 1. The fraction of sp³-hybridized carbons (Fsp3) is 0. The molecule has 1 heterocycles. The highest BCUT2D eigenvalue weighted by Crippen LogP contribution is 2.25. The van der Waals surface area contributed by atoms with Crippen molar-refractivity contribution >= 4 is 31.6 Å². The van der Waals surface area contributed by atoms with Gasteiger partial charge in [-0.3, -0.25) is 4.72 Å². The Morgan fingerprint density at radius 3 is 2.54 bits per heavy atom. The van der Waals surface area contributed by atoms with E-state index in [0.717, 1.165) is 18.2 Å². The summed E-state index contributed by atoms with van der Waals surface area (Å²) in [4.78, 5) is -0.765. The topological polar surface area (TPSA) is 64.0 Å². The lowest BCUT2D eigenvalue weighted by Crippen LogP contribution is -2.16. The summed E-state index contributed by atoms with van der Waals surface area (Å²) in [6.45, 7) is 0. The molecule has 0 bridgehead atoms. The van der Waals surface area contributed by atoms with E-state index in [4.69, 9.17) is 0 Å². The van der Waals surface area contributed by atoms with Gasteiger partial charge in [0.15, 0.2) is 11.6 Å². The molecule has 3 rings (SSSR count). The number of halogens is 3. The average molecular weight is 414 g/mol. The van der Waals surface area contributed by atoms with E-state index >= 15 is 0 Å². The lowest BCUT2D eigenvalue weighted by atomic mass is 10.3. The van der Waals surface area contributed by atoms with Crippen LogP contribution in [0.4, 0.5) is 14.5 Å². The number of anilines is 1. The fourth-order valence-corrected chi connectivity index (χ4v) is 3.53. The first-order chi connectivity index (χ1) is 11.4. The second-order valence-electron chi connectivity index (χ2n) is 4.78. The predicted octanol–water partition coefficient (Wildman–Crippen LogP) is 3.71. The van der Waals surface area contributed by atoms with Crippen molar-refractivity contribution in [3.05, 3.63) is 71.0 Å². The molecule has 0 atom stereocenters. The van der Waals surface area contributed by atoms with E-state index < -0.39 is 26.6 Å². The minimum atomic E-state index is -4.31. The van der Waals surface area contributed by atoms with Crippen LogP contribution in [-0.2, 0) is 10.0 Å². The Morgan fingerprint density at radius 1 is 1.08 bits per heavy atom. The van der Waals surface area contributed by atoms with Gasteiger partial charge in [-0.25, -0.2) is 21.9 Å². The molecule has 0 aliphatic carbocycles. The average Bonchev–Trinajstić information content (AvgIpc) is 2.96. The minimum absolute atomic E-state index is 0.178. The van der Waals surface area contributed by atoms with E-state index in [1.54, 1.807) is 24.4 Å². The zero-order valence-electron chi connectivity index (χ0n) is 11.9. The van der Waals surface area contributed by atoms with Crippen molar-refractivity contribution in [3.63, 3.8) is 0 Å². The second-order valence-corrected chi connectivity index (χ2v) is 7.34. The van der Waals surface area contributed by atoms with Gasteiger partial charge in [-0.2, -0.15) is 5.10 Å². The first-order valence-corrected chi connectivity index (χ1v) is 8.92. The molecule has 0 amide bonds. The van der Waals surface area contributed by atoms with Crippen LogP contribution in [0.3, 0.4) is 0 Å². The van der Waals surface area contributed by atoms with Gasteiger partial charge in [0.05, 0.1) is 22.0 Å². The lowest BCUT2D eigenvalue weighted by Gasteiger charge is -2.13. The summed E-state index contributed by atoms with van der Waals surface area (Å²) in [5.41, 5.74) is 0.611. The molecule has 2 aromatic carbocycles. The van der Waals surface area contributed by atoms with Crippen LogP contribution in [0.2, 0.25) is 0 Å². The van der Waals surface area contributed by atoms with E-state index in [1.807, 2.05) is 0 Å². The van der Waals surface area contributed by atoms with Gasteiger partial charge < -0.3 is 0 Å². The predicted molar refractivity (Wildman–Crippen MR) is 88.4 cm³/mol. The SMILES string of the molecule is O=S(=O)(Nc1ccccc1-n1cc(Br)cn1)c1cccc(F)c1F. The first-order valence-electron chi connectivity index (χ1n) is 6.65. The molecule has 0 unspecified atom stereocenters. The van der Waals surface area contributed by atoms with Crippen LogP contribution >= 0.6 is 15.9 Å².